The second-order valence-electron chi connectivity index (χ2n) is 11.4. The molecule has 2 aromatic carbocycles. The number of amides is 3. The van der Waals surface area contributed by atoms with Crippen LogP contribution < -0.4 is 11.1 Å². The molecule has 1 aliphatic carbocycles. The first-order valence-corrected chi connectivity index (χ1v) is 15.9. The van der Waals surface area contributed by atoms with Crippen molar-refractivity contribution in [2.75, 3.05) is 13.6 Å². The van der Waals surface area contributed by atoms with E-state index in [0.717, 1.165) is 45.1 Å². The molecule has 1 fully saturated rings. The van der Waals surface area contributed by atoms with Gasteiger partial charge in [0, 0.05) is 30.6 Å². The number of alkyl halides is 1. The van der Waals surface area contributed by atoms with Gasteiger partial charge < -0.3 is 16.0 Å². The second kappa shape index (κ2) is 12.9. The Kier molecular flexibility index (Phi) is 8.76. The molecule has 2 aliphatic rings. The Morgan fingerprint density at radius 1 is 1.20 bits per heavy atom. The van der Waals surface area contributed by atoms with Crippen LogP contribution in [0.15, 0.2) is 53.5 Å². The van der Waals surface area contributed by atoms with Crippen LogP contribution in [0, 0.1) is 5.82 Å². The highest BCUT2D eigenvalue weighted by molar-refractivity contribution is 7.15. The maximum Gasteiger partial charge on any atom is 0.269 e. The molecule has 0 bridgehead atoms. The zero-order valence-electron chi connectivity index (χ0n) is 25.4. The quantitative estimate of drug-likeness (QED) is 0.270. The summed E-state index contributed by atoms with van der Waals surface area (Å²) >= 11 is 1.45. The number of aromatic nitrogens is 3. The van der Waals surface area contributed by atoms with E-state index in [0.29, 0.717) is 17.3 Å². The molecule has 13 heteroatoms. The summed E-state index contributed by atoms with van der Waals surface area (Å²) in [4.78, 5) is 50.5. The Morgan fingerprint density at radius 2 is 1.98 bits per heavy atom. The van der Waals surface area contributed by atoms with E-state index in [1.54, 1.807) is 37.5 Å². The molecule has 10 nitrogen and oxygen atoms in total. The number of fused-ring (bicyclic) bond motifs is 2. The molecule has 1 unspecified atom stereocenters. The van der Waals surface area contributed by atoms with E-state index < -0.39 is 29.9 Å². The largest absolute Gasteiger partial charge is 0.364 e. The predicted octanol–water partition coefficient (Wildman–Crippen LogP) is 4.63. The first-order chi connectivity index (χ1) is 22.2. The minimum Gasteiger partial charge on any atom is -0.364 e. The molecule has 0 saturated carbocycles. The zero-order valence-corrected chi connectivity index (χ0v) is 26.2. The Morgan fingerprint density at radius 3 is 2.70 bits per heavy atom. The minimum absolute atomic E-state index is 0.00490. The van der Waals surface area contributed by atoms with E-state index in [1.807, 2.05) is 19.1 Å². The third kappa shape index (κ3) is 6.06. The van der Waals surface area contributed by atoms with Crippen molar-refractivity contribution in [3.8, 4) is 10.6 Å². The van der Waals surface area contributed by atoms with Gasteiger partial charge in [-0.05, 0) is 73.7 Å². The van der Waals surface area contributed by atoms with E-state index in [-0.39, 0.29) is 37.1 Å². The van der Waals surface area contributed by atoms with Crippen LogP contribution in [-0.4, -0.2) is 69.4 Å². The number of primary amides is 1. The monoisotopic (exact) mass is 645 g/mol. The van der Waals surface area contributed by atoms with E-state index in [1.165, 1.54) is 33.1 Å². The van der Waals surface area contributed by atoms with Crippen molar-refractivity contribution in [2.45, 2.75) is 57.4 Å². The number of aliphatic imine (C=N–C) groups is 1. The third-order valence-corrected chi connectivity index (χ3v) is 9.67. The second-order valence-corrected chi connectivity index (χ2v) is 12.4. The highest BCUT2D eigenvalue weighted by atomic mass is 32.1. The van der Waals surface area contributed by atoms with Gasteiger partial charge in [0.15, 0.2) is 5.69 Å². The number of hydrogen-bond acceptors (Lipinski definition) is 7. The number of carbonyl (C=O) groups excluding carboxylic acids is 3. The van der Waals surface area contributed by atoms with Gasteiger partial charge in [-0.2, -0.15) is 5.10 Å². The SMILES string of the molecule is CC=C(C=NC)c1ccc2c(c1)c(C(N)=O)nn2CC(=O)N1C[C@H](F)C[C@H]1C(=O)NC1CCCc2nc(-c3ccc(F)cc3)sc21. The highest BCUT2D eigenvalue weighted by Crippen LogP contribution is 2.38. The van der Waals surface area contributed by atoms with Gasteiger partial charge in [0.05, 0.1) is 28.7 Å². The van der Waals surface area contributed by atoms with Crippen LogP contribution in [-0.2, 0) is 22.6 Å². The highest BCUT2D eigenvalue weighted by Gasteiger charge is 2.41. The maximum atomic E-state index is 14.8. The fourth-order valence-electron chi connectivity index (χ4n) is 6.19. The zero-order chi connectivity index (χ0) is 32.5. The van der Waals surface area contributed by atoms with Crippen LogP contribution in [0.3, 0.4) is 0 Å². The molecule has 238 valence electrons. The van der Waals surface area contributed by atoms with Gasteiger partial charge >= 0.3 is 0 Å². The molecular formula is C33H33F2N7O3S. The van der Waals surface area contributed by atoms with Crippen molar-refractivity contribution < 1.29 is 23.2 Å². The van der Waals surface area contributed by atoms with Crippen LogP contribution in [0.4, 0.5) is 8.78 Å². The van der Waals surface area contributed by atoms with Crippen LogP contribution >= 0.6 is 11.3 Å². The summed E-state index contributed by atoms with van der Waals surface area (Å²) in [5, 5.41) is 8.59. The first-order valence-electron chi connectivity index (χ1n) is 15.1. The molecule has 0 spiro atoms. The van der Waals surface area contributed by atoms with Gasteiger partial charge in [0.2, 0.25) is 11.8 Å². The van der Waals surface area contributed by atoms with Crippen LogP contribution in [0.2, 0.25) is 0 Å². The Balaban J connectivity index is 1.21. The first kappa shape index (κ1) is 31.2. The number of benzene rings is 2. The molecule has 1 saturated heterocycles. The summed E-state index contributed by atoms with van der Waals surface area (Å²) in [7, 11) is 1.66. The number of nitrogens with one attached hydrogen (secondary N) is 1. The van der Waals surface area contributed by atoms with Crippen molar-refractivity contribution in [1.29, 1.82) is 0 Å². The number of halogens is 2. The maximum absolute atomic E-state index is 14.8. The lowest BCUT2D eigenvalue weighted by atomic mass is 9.97. The van der Waals surface area contributed by atoms with E-state index in [9.17, 15) is 23.2 Å². The fraction of sp³-hybridized carbons (Fsp3) is 0.333. The van der Waals surface area contributed by atoms with Crippen molar-refractivity contribution in [3.63, 3.8) is 0 Å². The molecule has 3 heterocycles. The summed E-state index contributed by atoms with van der Waals surface area (Å²) in [6.07, 6.45) is 4.33. The van der Waals surface area contributed by atoms with Crippen molar-refractivity contribution in [1.82, 2.24) is 25.0 Å². The average molecular weight is 646 g/mol. The molecule has 3 N–H and O–H groups in total. The number of hydrogen-bond donors (Lipinski definition) is 2. The summed E-state index contributed by atoms with van der Waals surface area (Å²) in [5.41, 5.74) is 9.44. The number of nitrogens with two attached hydrogens (primary N) is 1. The number of nitrogens with zero attached hydrogens (tertiary/aromatic N) is 5. The minimum atomic E-state index is -1.37. The van der Waals surface area contributed by atoms with Crippen LogP contribution in [0.1, 0.15) is 58.9 Å². The normalized spacial score (nSPS) is 20.0. The smallest absolute Gasteiger partial charge is 0.269 e. The number of allylic oxidation sites excluding steroid dienone is 2. The molecule has 1 aliphatic heterocycles. The summed E-state index contributed by atoms with van der Waals surface area (Å²) < 4.78 is 29.6. The van der Waals surface area contributed by atoms with Crippen LogP contribution in [0.25, 0.3) is 27.0 Å². The van der Waals surface area contributed by atoms with Crippen molar-refractivity contribution in [2.24, 2.45) is 10.7 Å². The van der Waals surface area contributed by atoms with E-state index in [2.05, 4.69) is 15.4 Å². The molecule has 46 heavy (non-hydrogen) atoms. The summed E-state index contributed by atoms with van der Waals surface area (Å²) in [6, 6.07) is 10.1. The Bertz CT molecular complexity index is 1880. The van der Waals surface area contributed by atoms with E-state index in [4.69, 9.17) is 10.7 Å². The number of likely N-dealkylation sites (tertiary alicyclic amines) is 1. The van der Waals surface area contributed by atoms with Crippen molar-refractivity contribution >= 4 is 51.7 Å². The summed E-state index contributed by atoms with van der Waals surface area (Å²) in [5.74, 6) is -2.02. The Labute approximate surface area is 268 Å². The Hall–Kier alpha value is -4.78. The van der Waals surface area contributed by atoms with Gasteiger partial charge in [-0.3, -0.25) is 24.1 Å². The fourth-order valence-corrected chi connectivity index (χ4v) is 7.39. The molecule has 3 amide bonds. The predicted molar refractivity (Wildman–Crippen MR) is 173 cm³/mol. The van der Waals surface area contributed by atoms with Gasteiger partial charge in [-0.1, -0.05) is 12.1 Å². The molecule has 4 aromatic rings. The standard InChI is InChI=1S/C33H33F2N7O3S/c1-3-18(15-37-2)20-9-12-26-23(13-20)29(31(36)44)40-42(26)17-28(43)41-16-22(35)14-27(41)32(45)38-24-5-4-6-25-30(24)46-33(39-25)19-7-10-21(34)11-8-19/h3,7-13,15,22,24,27H,4-6,14,16-17H2,1-2H3,(H2,36,44)(H,38,45)/t22-,24?,27+/m1/s1. The van der Waals surface area contributed by atoms with Gasteiger partial charge in [0.25, 0.3) is 5.91 Å². The third-order valence-electron chi connectivity index (χ3n) is 8.41. The lowest BCUT2D eigenvalue weighted by molar-refractivity contribution is -0.139. The van der Waals surface area contributed by atoms with Gasteiger partial charge in [0.1, 0.15) is 29.6 Å². The van der Waals surface area contributed by atoms with Gasteiger partial charge in [-0.25, -0.2) is 13.8 Å². The topological polar surface area (TPSA) is 136 Å². The molecule has 0 radical (unpaired) electrons. The number of thiazole rings is 1. The van der Waals surface area contributed by atoms with Gasteiger partial charge in [-0.15, -0.1) is 11.3 Å². The number of carbonyl (C=O) groups is 3. The lowest BCUT2D eigenvalue weighted by Gasteiger charge is -2.28. The van der Waals surface area contributed by atoms with Crippen LogP contribution in [0.5, 0.6) is 0 Å². The molecule has 6 rings (SSSR count). The number of rotatable bonds is 8. The van der Waals surface area contributed by atoms with E-state index >= 15 is 0 Å². The van der Waals surface area contributed by atoms with Crippen molar-refractivity contribution in [3.05, 3.63) is 76.2 Å². The lowest BCUT2D eigenvalue weighted by Crippen LogP contribution is -2.48. The molecule has 2 aromatic heterocycles. The number of aryl methyl sites for hydroxylation is 1. The molecular weight excluding hydrogens is 612 g/mol. The average Bonchev–Trinajstić information content (AvgIpc) is 3.76. The molecule has 3 atom stereocenters. The summed E-state index contributed by atoms with van der Waals surface area (Å²) in [6.45, 7) is 1.33.